The van der Waals surface area contributed by atoms with Crippen LogP contribution in [0.5, 0.6) is 0 Å². The van der Waals surface area contributed by atoms with E-state index < -0.39 is 4.92 Å². The third-order valence-electron chi connectivity index (χ3n) is 3.64. The van der Waals surface area contributed by atoms with Crippen LogP contribution in [0.2, 0.25) is 0 Å². The molecule has 3 aromatic rings. The number of nitro groups is 1. The number of aromatic amines is 1. The molecule has 0 saturated carbocycles. The van der Waals surface area contributed by atoms with E-state index in [4.69, 9.17) is 0 Å². The molecule has 0 unspecified atom stereocenters. The molecule has 132 valence electrons. The van der Waals surface area contributed by atoms with Crippen molar-refractivity contribution < 1.29 is 4.92 Å². The maximum Gasteiger partial charge on any atom is 0.283 e. The summed E-state index contributed by atoms with van der Waals surface area (Å²) in [6, 6.07) is 14.1. The largest absolute Gasteiger partial charge is 0.380 e. The van der Waals surface area contributed by atoms with E-state index in [0.29, 0.717) is 22.8 Å². The van der Waals surface area contributed by atoms with Crippen molar-refractivity contribution in [3.05, 3.63) is 86.6 Å². The van der Waals surface area contributed by atoms with E-state index in [1.807, 2.05) is 24.3 Å². The molecule has 0 aliphatic carbocycles. The van der Waals surface area contributed by atoms with Crippen LogP contribution in [0.25, 0.3) is 0 Å². The summed E-state index contributed by atoms with van der Waals surface area (Å²) in [5.41, 5.74) is 1.18. The van der Waals surface area contributed by atoms with Gasteiger partial charge in [-0.3, -0.25) is 14.9 Å². The highest BCUT2D eigenvalue weighted by Crippen LogP contribution is 2.38. The number of hydrogen-bond donors (Lipinski definition) is 2. The van der Waals surface area contributed by atoms with Gasteiger partial charge in [-0.05, 0) is 25.1 Å². The molecule has 2 N–H and O–H groups in total. The predicted octanol–water partition coefficient (Wildman–Crippen LogP) is 3.75. The molecule has 0 radical (unpaired) electrons. The minimum absolute atomic E-state index is 0.0616. The van der Waals surface area contributed by atoms with E-state index in [1.165, 1.54) is 17.8 Å². The second-order valence-corrected chi connectivity index (χ2v) is 6.58. The Balaban J connectivity index is 1.83. The first-order chi connectivity index (χ1) is 12.5. The Hall–Kier alpha value is -3.13. The lowest BCUT2D eigenvalue weighted by molar-refractivity contribution is -0.387. The summed E-state index contributed by atoms with van der Waals surface area (Å²) in [4.78, 5) is 30.9. The van der Waals surface area contributed by atoms with Crippen molar-refractivity contribution in [2.75, 3.05) is 5.32 Å². The van der Waals surface area contributed by atoms with Crippen LogP contribution >= 0.6 is 11.8 Å². The molecule has 0 bridgehead atoms. The van der Waals surface area contributed by atoms with E-state index in [-0.39, 0.29) is 11.2 Å². The summed E-state index contributed by atoms with van der Waals surface area (Å²) >= 11 is 1.31. The molecule has 0 atom stereocenters. The van der Waals surface area contributed by atoms with Crippen LogP contribution in [-0.4, -0.2) is 14.9 Å². The van der Waals surface area contributed by atoms with Crippen molar-refractivity contribution in [2.24, 2.45) is 0 Å². The van der Waals surface area contributed by atoms with Gasteiger partial charge in [0.1, 0.15) is 5.82 Å². The quantitative estimate of drug-likeness (QED) is 0.508. The molecular weight excluding hydrogens is 352 g/mol. The average Bonchev–Trinajstić information content (AvgIpc) is 2.62. The van der Waals surface area contributed by atoms with Gasteiger partial charge in [-0.1, -0.05) is 36.0 Å². The first kappa shape index (κ1) is 17.7. The maximum atomic E-state index is 11.9. The molecule has 1 aromatic heterocycles. The highest BCUT2D eigenvalue weighted by Gasteiger charge is 2.15. The minimum Gasteiger partial charge on any atom is -0.380 e. The summed E-state index contributed by atoms with van der Waals surface area (Å²) in [6.07, 6.45) is 1.54. The topological polar surface area (TPSA) is 101 Å². The highest BCUT2D eigenvalue weighted by atomic mass is 32.2. The lowest BCUT2D eigenvalue weighted by Gasteiger charge is -2.11. The van der Waals surface area contributed by atoms with Gasteiger partial charge in [-0.2, -0.15) is 0 Å². The highest BCUT2D eigenvalue weighted by molar-refractivity contribution is 7.99. The van der Waals surface area contributed by atoms with Gasteiger partial charge in [0.25, 0.3) is 11.2 Å². The van der Waals surface area contributed by atoms with Gasteiger partial charge in [0.05, 0.1) is 15.4 Å². The van der Waals surface area contributed by atoms with Crippen molar-refractivity contribution >= 4 is 23.1 Å². The second-order valence-electron chi connectivity index (χ2n) is 5.50. The Morgan fingerprint density at radius 2 is 1.85 bits per heavy atom. The fraction of sp³-hybridized carbons (Fsp3) is 0.111. The fourth-order valence-corrected chi connectivity index (χ4v) is 3.37. The molecule has 8 heteroatoms. The fourth-order valence-electron chi connectivity index (χ4n) is 2.34. The predicted molar refractivity (Wildman–Crippen MR) is 101 cm³/mol. The maximum absolute atomic E-state index is 11.9. The van der Waals surface area contributed by atoms with E-state index in [9.17, 15) is 14.9 Å². The van der Waals surface area contributed by atoms with Crippen LogP contribution in [0.1, 0.15) is 11.4 Å². The van der Waals surface area contributed by atoms with Crippen LogP contribution in [0.15, 0.2) is 69.3 Å². The molecule has 3 rings (SSSR count). The number of aryl methyl sites for hydroxylation is 1. The zero-order valence-corrected chi connectivity index (χ0v) is 14.7. The van der Waals surface area contributed by atoms with Crippen LogP contribution in [0, 0.1) is 17.0 Å². The average molecular weight is 368 g/mol. The summed E-state index contributed by atoms with van der Waals surface area (Å²) in [7, 11) is 0. The van der Waals surface area contributed by atoms with Crippen LogP contribution in [0.3, 0.4) is 0 Å². The zero-order chi connectivity index (χ0) is 18.5. The molecule has 0 aliphatic heterocycles. The van der Waals surface area contributed by atoms with Crippen LogP contribution < -0.4 is 10.9 Å². The molecule has 0 spiro atoms. The lowest BCUT2D eigenvalue weighted by atomic mass is 10.3. The summed E-state index contributed by atoms with van der Waals surface area (Å²) in [6.45, 7) is 2.02. The normalized spacial score (nSPS) is 10.5. The number of nitrogens with one attached hydrogen (secondary N) is 2. The summed E-state index contributed by atoms with van der Waals surface area (Å²) in [5.74, 6) is 0.561. The van der Waals surface area contributed by atoms with E-state index in [0.717, 1.165) is 10.6 Å². The number of rotatable bonds is 6. The number of H-pyrrole nitrogens is 1. The van der Waals surface area contributed by atoms with Gasteiger partial charge in [-0.15, -0.1) is 0 Å². The number of para-hydroxylation sites is 2. The molecule has 0 amide bonds. The van der Waals surface area contributed by atoms with Gasteiger partial charge >= 0.3 is 0 Å². The molecule has 0 saturated heterocycles. The first-order valence-electron chi connectivity index (χ1n) is 7.83. The third-order valence-corrected chi connectivity index (χ3v) is 4.78. The van der Waals surface area contributed by atoms with E-state index >= 15 is 0 Å². The number of nitro benzene ring substituents is 1. The van der Waals surface area contributed by atoms with Crippen molar-refractivity contribution in [3.8, 4) is 0 Å². The van der Waals surface area contributed by atoms with E-state index in [1.54, 1.807) is 31.3 Å². The van der Waals surface area contributed by atoms with Crippen molar-refractivity contribution in [2.45, 2.75) is 23.3 Å². The standard InChI is InChI=1S/C18H16N4O3S/c1-12-19-10-13(18(23)21-12)11-20-14-6-2-4-8-16(14)26-17-9-5-3-7-15(17)22(24)25/h2-10,20H,11H2,1H3,(H,19,21,23). The second kappa shape index (κ2) is 7.83. The lowest BCUT2D eigenvalue weighted by Crippen LogP contribution is -2.17. The number of anilines is 1. The first-order valence-corrected chi connectivity index (χ1v) is 8.65. The van der Waals surface area contributed by atoms with E-state index in [2.05, 4.69) is 15.3 Å². The van der Waals surface area contributed by atoms with Crippen LogP contribution in [0.4, 0.5) is 11.4 Å². The van der Waals surface area contributed by atoms with Crippen molar-refractivity contribution in [1.29, 1.82) is 0 Å². The Morgan fingerprint density at radius 3 is 2.58 bits per heavy atom. The van der Waals surface area contributed by atoms with Crippen molar-refractivity contribution in [1.82, 2.24) is 9.97 Å². The molecule has 0 aliphatic rings. The van der Waals surface area contributed by atoms with Gasteiger partial charge in [0.2, 0.25) is 0 Å². The Bertz CT molecular complexity index is 1000. The summed E-state index contributed by atoms with van der Waals surface area (Å²) in [5, 5.41) is 14.4. The molecule has 26 heavy (non-hydrogen) atoms. The number of aromatic nitrogens is 2. The van der Waals surface area contributed by atoms with Crippen LogP contribution in [-0.2, 0) is 6.54 Å². The summed E-state index contributed by atoms with van der Waals surface area (Å²) < 4.78 is 0. The van der Waals surface area contributed by atoms with Gasteiger partial charge < -0.3 is 10.3 Å². The van der Waals surface area contributed by atoms with Crippen molar-refractivity contribution in [3.63, 3.8) is 0 Å². The Labute approximate surface area is 153 Å². The molecular formula is C18H16N4O3S. The number of hydrogen-bond acceptors (Lipinski definition) is 6. The van der Waals surface area contributed by atoms with Gasteiger partial charge in [0, 0.05) is 29.4 Å². The SMILES string of the molecule is Cc1ncc(CNc2ccccc2Sc2ccccc2[N+](=O)[O-])c(=O)[nH]1. The monoisotopic (exact) mass is 368 g/mol. The number of benzene rings is 2. The molecule has 7 nitrogen and oxygen atoms in total. The minimum atomic E-state index is -0.393. The Kier molecular flexibility index (Phi) is 5.33. The van der Waals surface area contributed by atoms with Gasteiger partial charge in [0.15, 0.2) is 0 Å². The number of nitrogens with zero attached hydrogens (tertiary/aromatic N) is 2. The molecule has 1 heterocycles. The molecule has 2 aromatic carbocycles. The molecule has 0 fully saturated rings. The third kappa shape index (κ3) is 4.09. The Morgan fingerprint density at radius 1 is 1.15 bits per heavy atom. The zero-order valence-electron chi connectivity index (χ0n) is 13.9. The smallest absolute Gasteiger partial charge is 0.283 e. The van der Waals surface area contributed by atoms with Gasteiger partial charge in [-0.25, -0.2) is 4.98 Å².